The van der Waals surface area contributed by atoms with Crippen LogP contribution in [0.2, 0.25) is 0 Å². The maximum atomic E-state index is 12.7. The number of para-hydroxylation sites is 2. The lowest BCUT2D eigenvalue weighted by Gasteiger charge is -2.32. The van der Waals surface area contributed by atoms with Crippen LogP contribution in [0.4, 0.5) is 18.3 Å². The van der Waals surface area contributed by atoms with Crippen molar-refractivity contribution in [2.75, 3.05) is 18.0 Å². The lowest BCUT2D eigenvalue weighted by atomic mass is 10.1. The maximum absolute atomic E-state index is 12.7. The van der Waals surface area contributed by atoms with Gasteiger partial charge in [-0.25, -0.2) is 9.78 Å². The van der Waals surface area contributed by atoms with E-state index in [1.54, 1.807) is 4.57 Å². The second-order valence-corrected chi connectivity index (χ2v) is 7.05. The predicted molar refractivity (Wildman–Crippen MR) is 90.2 cm³/mol. The Morgan fingerprint density at radius 3 is 2.60 bits per heavy atom. The fourth-order valence-corrected chi connectivity index (χ4v) is 4.13. The molecule has 1 fully saturated rings. The molecule has 3 aromatic rings. The lowest BCUT2D eigenvalue weighted by Crippen LogP contribution is -2.36. The van der Waals surface area contributed by atoms with Crippen molar-refractivity contribution in [2.24, 2.45) is 0 Å². The Labute approximate surface area is 144 Å². The van der Waals surface area contributed by atoms with Gasteiger partial charge in [0.25, 0.3) is 0 Å². The minimum absolute atomic E-state index is 0.0296. The molecule has 0 unspecified atom stereocenters. The standard InChI is InChI=1S/C16H15F3N4OS/c17-16(18,19)13-9-20-15(25-13)22-7-5-10(6-8-22)23-12-4-2-1-3-11(12)21-14(23)24/h1-4,9-10H,5-8H2,(H,21,24). The summed E-state index contributed by atoms with van der Waals surface area (Å²) >= 11 is 0.666. The molecule has 9 heteroatoms. The summed E-state index contributed by atoms with van der Waals surface area (Å²) in [5, 5.41) is 0.386. The van der Waals surface area contributed by atoms with Crippen molar-refractivity contribution in [1.82, 2.24) is 14.5 Å². The third kappa shape index (κ3) is 2.92. The summed E-state index contributed by atoms with van der Waals surface area (Å²) in [7, 11) is 0. The molecule has 1 aromatic carbocycles. The van der Waals surface area contributed by atoms with Gasteiger partial charge in [-0.05, 0) is 25.0 Å². The Morgan fingerprint density at radius 2 is 1.92 bits per heavy atom. The topological polar surface area (TPSA) is 53.9 Å². The van der Waals surface area contributed by atoms with Crippen molar-refractivity contribution in [1.29, 1.82) is 0 Å². The number of hydrogen-bond donors (Lipinski definition) is 1. The molecule has 0 saturated carbocycles. The lowest BCUT2D eigenvalue weighted by molar-refractivity contribution is -0.134. The number of imidazole rings is 1. The van der Waals surface area contributed by atoms with E-state index >= 15 is 0 Å². The molecule has 1 N–H and O–H groups in total. The number of thiazole rings is 1. The molecule has 5 nitrogen and oxygen atoms in total. The van der Waals surface area contributed by atoms with E-state index in [0.29, 0.717) is 42.4 Å². The smallest absolute Gasteiger partial charge is 0.348 e. The minimum Gasteiger partial charge on any atom is -0.348 e. The molecule has 0 bridgehead atoms. The Balaban J connectivity index is 1.52. The molecule has 0 amide bonds. The number of H-pyrrole nitrogens is 1. The Kier molecular flexibility index (Phi) is 3.82. The fourth-order valence-electron chi connectivity index (χ4n) is 3.29. The Hall–Kier alpha value is -2.29. The highest BCUT2D eigenvalue weighted by atomic mass is 32.1. The van der Waals surface area contributed by atoms with Crippen LogP contribution in [0, 0.1) is 0 Å². The third-order valence-corrected chi connectivity index (χ3v) is 5.60. The van der Waals surface area contributed by atoms with Crippen LogP contribution >= 0.6 is 11.3 Å². The predicted octanol–water partition coefficient (Wildman–Crippen LogP) is 3.65. The largest absolute Gasteiger partial charge is 0.427 e. The summed E-state index contributed by atoms with van der Waals surface area (Å²) in [6.45, 7) is 1.14. The summed E-state index contributed by atoms with van der Waals surface area (Å²) in [6, 6.07) is 7.54. The fraction of sp³-hybridized carbons (Fsp3) is 0.375. The third-order valence-electron chi connectivity index (χ3n) is 4.50. The number of nitrogens with one attached hydrogen (secondary N) is 1. The van der Waals surface area contributed by atoms with E-state index in [9.17, 15) is 18.0 Å². The number of aromatic amines is 1. The first kappa shape index (κ1) is 16.2. The highest BCUT2D eigenvalue weighted by molar-refractivity contribution is 7.15. The van der Waals surface area contributed by atoms with Gasteiger partial charge in [-0.2, -0.15) is 13.2 Å². The van der Waals surface area contributed by atoms with Gasteiger partial charge >= 0.3 is 11.9 Å². The van der Waals surface area contributed by atoms with E-state index in [2.05, 4.69) is 9.97 Å². The molecule has 3 heterocycles. The van der Waals surface area contributed by atoms with E-state index in [-0.39, 0.29) is 11.7 Å². The van der Waals surface area contributed by atoms with Crippen molar-refractivity contribution in [3.8, 4) is 0 Å². The zero-order chi connectivity index (χ0) is 17.6. The quantitative estimate of drug-likeness (QED) is 0.751. The highest BCUT2D eigenvalue weighted by Crippen LogP contribution is 2.37. The second kappa shape index (κ2) is 5.91. The average molecular weight is 368 g/mol. The molecule has 0 radical (unpaired) electrons. The number of nitrogens with zero attached hydrogens (tertiary/aromatic N) is 3. The molecule has 4 rings (SSSR count). The monoisotopic (exact) mass is 368 g/mol. The first-order valence-corrected chi connectivity index (χ1v) is 8.72. The van der Waals surface area contributed by atoms with Gasteiger partial charge in [-0.3, -0.25) is 4.57 Å². The number of aromatic nitrogens is 3. The molecule has 0 spiro atoms. The van der Waals surface area contributed by atoms with E-state index in [0.717, 1.165) is 17.2 Å². The van der Waals surface area contributed by atoms with Crippen LogP contribution < -0.4 is 10.6 Å². The van der Waals surface area contributed by atoms with Crippen molar-refractivity contribution in [3.05, 3.63) is 45.8 Å². The molecular formula is C16H15F3N4OS. The van der Waals surface area contributed by atoms with Gasteiger partial charge < -0.3 is 9.88 Å². The van der Waals surface area contributed by atoms with Crippen molar-refractivity contribution in [2.45, 2.75) is 25.1 Å². The highest BCUT2D eigenvalue weighted by Gasteiger charge is 2.34. The molecule has 0 atom stereocenters. The van der Waals surface area contributed by atoms with Crippen LogP contribution in [0.25, 0.3) is 11.0 Å². The molecule has 1 saturated heterocycles. The SMILES string of the molecule is O=c1[nH]c2ccccc2n1C1CCN(c2ncc(C(F)(F)F)s2)CC1. The average Bonchev–Trinajstić information content (AvgIpc) is 3.18. The van der Waals surface area contributed by atoms with Gasteiger partial charge in [0.2, 0.25) is 0 Å². The van der Waals surface area contributed by atoms with Gasteiger partial charge in [-0.1, -0.05) is 23.5 Å². The molecule has 2 aromatic heterocycles. The van der Waals surface area contributed by atoms with E-state index in [4.69, 9.17) is 0 Å². The first-order valence-electron chi connectivity index (χ1n) is 7.91. The van der Waals surface area contributed by atoms with Crippen LogP contribution in [0.3, 0.4) is 0 Å². The number of halogens is 3. The van der Waals surface area contributed by atoms with Gasteiger partial charge in [0.05, 0.1) is 17.2 Å². The van der Waals surface area contributed by atoms with Crippen LogP contribution in [0.5, 0.6) is 0 Å². The summed E-state index contributed by atoms with van der Waals surface area (Å²) in [5.41, 5.74) is 1.51. The molecule has 132 valence electrons. The van der Waals surface area contributed by atoms with Gasteiger partial charge in [-0.15, -0.1) is 0 Å². The van der Waals surface area contributed by atoms with Crippen LogP contribution in [0.15, 0.2) is 35.3 Å². The van der Waals surface area contributed by atoms with Gasteiger partial charge in [0.15, 0.2) is 5.13 Å². The van der Waals surface area contributed by atoms with Crippen molar-refractivity contribution >= 4 is 27.5 Å². The molecule has 1 aliphatic rings. The number of benzene rings is 1. The second-order valence-electron chi connectivity index (χ2n) is 6.04. The Morgan fingerprint density at radius 1 is 1.20 bits per heavy atom. The van der Waals surface area contributed by atoms with Crippen molar-refractivity contribution < 1.29 is 13.2 Å². The van der Waals surface area contributed by atoms with Crippen LogP contribution in [-0.4, -0.2) is 27.6 Å². The number of hydrogen-bond acceptors (Lipinski definition) is 4. The summed E-state index contributed by atoms with van der Waals surface area (Å²) < 4.78 is 39.9. The van der Waals surface area contributed by atoms with Gasteiger partial charge in [0.1, 0.15) is 4.88 Å². The van der Waals surface area contributed by atoms with Crippen LogP contribution in [-0.2, 0) is 6.18 Å². The van der Waals surface area contributed by atoms with Gasteiger partial charge in [0, 0.05) is 19.1 Å². The molecule has 1 aliphatic heterocycles. The summed E-state index contributed by atoms with van der Waals surface area (Å²) in [5.74, 6) is 0. The number of anilines is 1. The number of fused-ring (bicyclic) bond motifs is 1. The van der Waals surface area contributed by atoms with Crippen molar-refractivity contribution in [3.63, 3.8) is 0 Å². The molecular weight excluding hydrogens is 353 g/mol. The normalized spacial score (nSPS) is 16.7. The van der Waals surface area contributed by atoms with E-state index in [1.807, 2.05) is 29.2 Å². The Bertz CT molecular complexity index is 950. The van der Waals surface area contributed by atoms with E-state index < -0.39 is 11.1 Å². The zero-order valence-corrected chi connectivity index (χ0v) is 13.9. The summed E-state index contributed by atoms with van der Waals surface area (Å²) in [4.78, 5) is 20.2. The molecule has 25 heavy (non-hydrogen) atoms. The minimum atomic E-state index is -4.36. The number of piperidine rings is 1. The number of rotatable bonds is 2. The molecule has 0 aliphatic carbocycles. The maximum Gasteiger partial charge on any atom is 0.427 e. The number of alkyl halides is 3. The van der Waals surface area contributed by atoms with Crippen LogP contribution in [0.1, 0.15) is 23.8 Å². The van der Waals surface area contributed by atoms with E-state index in [1.165, 1.54) is 0 Å². The summed E-state index contributed by atoms with van der Waals surface area (Å²) in [6.07, 6.45) is -2.10. The first-order chi connectivity index (χ1) is 11.9. The zero-order valence-electron chi connectivity index (χ0n) is 13.1.